The summed E-state index contributed by atoms with van der Waals surface area (Å²) in [5.41, 5.74) is 0. The minimum Gasteiger partial charge on any atom is -0.357 e. The van der Waals surface area contributed by atoms with Crippen molar-refractivity contribution in [3.8, 4) is 0 Å². The van der Waals surface area contributed by atoms with E-state index in [0.29, 0.717) is 5.92 Å². The van der Waals surface area contributed by atoms with Crippen LogP contribution in [0.3, 0.4) is 0 Å². The standard InChI is InChI=1S/C8H12N2O/c1-4-11-10-6-5-9-7-8(2)3/h4-5,7-8H,1H2,2-3H3. The van der Waals surface area contributed by atoms with E-state index in [1.807, 2.05) is 13.8 Å². The molecule has 3 heteroatoms. The third-order valence-electron chi connectivity index (χ3n) is 0.696. The Morgan fingerprint density at radius 1 is 1.55 bits per heavy atom. The zero-order valence-electron chi connectivity index (χ0n) is 6.82. The van der Waals surface area contributed by atoms with Crippen LogP contribution in [0.4, 0.5) is 0 Å². The Balaban J connectivity index is 3.66. The molecular weight excluding hydrogens is 140 g/mol. The van der Waals surface area contributed by atoms with Crippen molar-refractivity contribution in [1.82, 2.24) is 0 Å². The summed E-state index contributed by atoms with van der Waals surface area (Å²) in [4.78, 5) is 8.29. The topological polar surface area (TPSA) is 34.0 Å². The van der Waals surface area contributed by atoms with Gasteiger partial charge in [-0.15, -0.1) is 0 Å². The zero-order chi connectivity index (χ0) is 8.53. The molecule has 0 fully saturated rings. The van der Waals surface area contributed by atoms with E-state index in [4.69, 9.17) is 0 Å². The van der Waals surface area contributed by atoms with E-state index in [1.165, 1.54) is 12.5 Å². The van der Waals surface area contributed by atoms with Gasteiger partial charge >= 0.3 is 0 Å². The molecule has 3 nitrogen and oxygen atoms in total. The fraction of sp³-hybridized carbons (Fsp3) is 0.375. The van der Waals surface area contributed by atoms with Crippen molar-refractivity contribution in [1.29, 1.82) is 0 Å². The fourth-order valence-corrected chi connectivity index (χ4v) is 0.340. The molecule has 0 aromatic rings. The second-order valence-corrected chi connectivity index (χ2v) is 2.16. The normalized spacial score (nSPS) is 9.36. The highest BCUT2D eigenvalue weighted by molar-refractivity contribution is 5.63. The van der Waals surface area contributed by atoms with Crippen LogP contribution in [-0.4, -0.2) is 12.1 Å². The first-order chi connectivity index (χ1) is 5.27. The summed E-state index contributed by atoms with van der Waals surface area (Å²) in [6, 6.07) is 0. The van der Waals surface area contributed by atoms with Crippen molar-refractivity contribution in [2.45, 2.75) is 13.8 Å². The van der Waals surface area contributed by atoms with Crippen LogP contribution in [0.2, 0.25) is 0 Å². The molecule has 0 aliphatic rings. The molecule has 0 heterocycles. The maximum atomic E-state index is 4.41. The second-order valence-electron chi connectivity index (χ2n) is 2.16. The molecule has 0 saturated carbocycles. The lowest BCUT2D eigenvalue weighted by molar-refractivity contribution is 0.273. The minimum absolute atomic E-state index is 0.438. The second kappa shape index (κ2) is 6.78. The van der Waals surface area contributed by atoms with Crippen LogP contribution in [0, 0.1) is 5.92 Å². The highest BCUT2D eigenvalue weighted by Gasteiger charge is 1.79. The SMILES string of the molecule is C=CON=C=CN=CC(C)C. The van der Waals surface area contributed by atoms with Crippen molar-refractivity contribution in [3.63, 3.8) is 0 Å². The van der Waals surface area contributed by atoms with Crippen LogP contribution < -0.4 is 0 Å². The average molecular weight is 152 g/mol. The van der Waals surface area contributed by atoms with Crippen molar-refractivity contribution in [3.05, 3.63) is 19.0 Å². The van der Waals surface area contributed by atoms with Crippen molar-refractivity contribution in [2.75, 3.05) is 0 Å². The van der Waals surface area contributed by atoms with Gasteiger partial charge in [-0.05, 0) is 11.1 Å². The summed E-state index contributed by atoms with van der Waals surface area (Å²) < 4.78 is 0. The first-order valence-electron chi connectivity index (χ1n) is 3.34. The van der Waals surface area contributed by atoms with E-state index in [9.17, 15) is 0 Å². The molecule has 0 aliphatic heterocycles. The molecule has 0 saturated heterocycles. The molecule has 0 amide bonds. The Morgan fingerprint density at radius 3 is 2.82 bits per heavy atom. The fourth-order valence-electron chi connectivity index (χ4n) is 0.340. The number of hydrogen-bond acceptors (Lipinski definition) is 3. The quantitative estimate of drug-likeness (QED) is 0.344. The highest BCUT2D eigenvalue weighted by atomic mass is 16.6. The van der Waals surface area contributed by atoms with Crippen LogP contribution in [-0.2, 0) is 4.84 Å². The molecular formula is C8H12N2O. The molecule has 0 atom stereocenters. The first kappa shape index (κ1) is 9.66. The molecule has 11 heavy (non-hydrogen) atoms. The van der Waals surface area contributed by atoms with E-state index in [1.54, 1.807) is 6.21 Å². The highest BCUT2D eigenvalue weighted by Crippen LogP contribution is 1.83. The summed E-state index contributed by atoms with van der Waals surface area (Å²) in [7, 11) is 0. The molecule has 0 aromatic carbocycles. The smallest absolute Gasteiger partial charge is 0.115 e. The summed E-state index contributed by atoms with van der Waals surface area (Å²) in [6.45, 7) is 7.37. The Labute approximate surface area is 66.8 Å². The van der Waals surface area contributed by atoms with Crippen LogP contribution >= 0.6 is 0 Å². The van der Waals surface area contributed by atoms with Crippen molar-refractivity contribution < 1.29 is 4.84 Å². The molecule has 0 unspecified atom stereocenters. The molecule has 60 valence electrons. The number of hydrogen-bond donors (Lipinski definition) is 0. The van der Waals surface area contributed by atoms with Gasteiger partial charge in [0.15, 0.2) is 0 Å². The Morgan fingerprint density at radius 2 is 2.27 bits per heavy atom. The third kappa shape index (κ3) is 8.66. The predicted octanol–water partition coefficient (Wildman–Crippen LogP) is 1.97. The van der Waals surface area contributed by atoms with Gasteiger partial charge in [0.25, 0.3) is 0 Å². The molecule has 0 spiro atoms. The van der Waals surface area contributed by atoms with Gasteiger partial charge in [-0.1, -0.05) is 20.4 Å². The van der Waals surface area contributed by atoms with E-state index in [2.05, 4.69) is 27.4 Å². The maximum Gasteiger partial charge on any atom is 0.115 e. The van der Waals surface area contributed by atoms with Crippen molar-refractivity contribution >= 4 is 12.1 Å². The number of aliphatic imine (C=N–C) groups is 1. The first-order valence-corrected chi connectivity index (χ1v) is 3.34. The van der Waals surface area contributed by atoms with Gasteiger partial charge in [0.1, 0.15) is 6.26 Å². The summed E-state index contributed by atoms with van der Waals surface area (Å²) in [5, 5.41) is 3.35. The average Bonchev–Trinajstić information content (AvgIpc) is 1.96. The Bertz CT molecular complexity index is 188. The van der Waals surface area contributed by atoms with Gasteiger partial charge < -0.3 is 4.84 Å². The maximum absolute atomic E-state index is 4.41. The number of rotatable bonds is 4. The van der Waals surface area contributed by atoms with Crippen LogP contribution in [0.15, 0.2) is 29.2 Å². The van der Waals surface area contributed by atoms with Gasteiger partial charge in [0, 0.05) is 12.1 Å². The van der Waals surface area contributed by atoms with Crippen LogP contribution in [0.1, 0.15) is 13.8 Å². The Kier molecular flexibility index (Phi) is 5.95. The van der Waals surface area contributed by atoms with E-state index in [-0.39, 0.29) is 0 Å². The van der Waals surface area contributed by atoms with Crippen LogP contribution in [0.25, 0.3) is 0 Å². The lowest BCUT2D eigenvalue weighted by Crippen LogP contribution is -1.84. The molecule has 0 rings (SSSR count). The largest absolute Gasteiger partial charge is 0.357 e. The van der Waals surface area contributed by atoms with Gasteiger partial charge in [-0.3, -0.25) is 4.99 Å². The third-order valence-corrected chi connectivity index (χ3v) is 0.696. The summed E-state index contributed by atoms with van der Waals surface area (Å²) >= 11 is 0. The zero-order valence-corrected chi connectivity index (χ0v) is 6.82. The van der Waals surface area contributed by atoms with Gasteiger partial charge in [0.05, 0.1) is 6.20 Å². The van der Waals surface area contributed by atoms with E-state index < -0.39 is 0 Å². The Hall–Kier alpha value is -1.34. The molecule has 0 N–H and O–H groups in total. The van der Waals surface area contributed by atoms with E-state index >= 15 is 0 Å². The van der Waals surface area contributed by atoms with Crippen molar-refractivity contribution in [2.24, 2.45) is 16.1 Å². The monoisotopic (exact) mass is 152 g/mol. The molecule has 0 aliphatic carbocycles. The number of nitrogens with zero attached hydrogens (tertiary/aromatic N) is 2. The lowest BCUT2D eigenvalue weighted by atomic mass is 10.3. The molecule has 0 bridgehead atoms. The lowest BCUT2D eigenvalue weighted by Gasteiger charge is -1.86. The summed E-state index contributed by atoms with van der Waals surface area (Å²) in [5.74, 6) is 2.89. The van der Waals surface area contributed by atoms with Gasteiger partial charge in [-0.25, -0.2) is 0 Å². The van der Waals surface area contributed by atoms with Crippen LogP contribution in [0.5, 0.6) is 0 Å². The van der Waals surface area contributed by atoms with E-state index in [0.717, 1.165) is 0 Å². The van der Waals surface area contributed by atoms with Gasteiger partial charge in [-0.2, -0.15) is 0 Å². The molecule has 0 radical (unpaired) electrons. The summed E-state index contributed by atoms with van der Waals surface area (Å²) in [6.07, 6.45) is 4.44. The predicted molar refractivity (Wildman–Crippen MR) is 46.6 cm³/mol. The molecule has 0 aromatic heterocycles. The minimum atomic E-state index is 0.438. The van der Waals surface area contributed by atoms with Gasteiger partial charge in [0.2, 0.25) is 0 Å².